The van der Waals surface area contributed by atoms with Crippen LogP contribution in [0.1, 0.15) is 118 Å². The fourth-order valence-electron chi connectivity index (χ4n) is 9.31. The molecule has 0 spiro atoms. The first-order valence-corrected chi connectivity index (χ1v) is 16.2. The number of aliphatic hydroxyl groups excluding tert-OH is 1. The normalized spacial score (nSPS) is 36.2. The summed E-state index contributed by atoms with van der Waals surface area (Å²) in [6.45, 7) is 13.0. The second kappa shape index (κ2) is 14.0. The number of carboxylic acid groups (broad SMARTS) is 1. The van der Waals surface area contributed by atoms with Crippen LogP contribution in [0, 0.1) is 46.3 Å². The predicted molar refractivity (Wildman–Crippen MR) is 165 cm³/mol. The number of nitrogens with two attached hydrogens (primary N) is 3. The number of rotatable bonds is 10. The molecular weight excluding hydrogens is 500 g/mol. The van der Waals surface area contributed by atoms with Crippen LogP contribution in [-0.4, -0.2) is 40.8 Å². The van der Waals surface area contributed by atoms with Crippen molar-refractivity contribution in [2.45, 2.75) is 130 Å². The first kappa shape index (κ1) is 32.9. The van der Waals surface area contributed by atoms with Crippen LogP contribution in [0.5, 0.6) is 0 Å². The molecule has 9 atom stereocenters. The van der Waals surface area contributed by atoms with Crippen LogP contribution in [0.2, 0.25) is 0 Å². The van der Waals surface area contributed by atoms with Crippen molar-refractivity contribution in [3.8, 4) is 0 Å². The number of aliphatic imine (C=N–C) groups is 1. The van der Waals surface area contributed by atoms with Crippen LogP contribution in [0.4, 0.5) is 0 Å². The summed E-state index contributed by atoms with van der Waals surface area (Å²) in [5, 5.41) is 18.6. The standard InChI is InChI=1S/C27H46O.C6H14N4O2/c1-18(2)7-6-8-19(3)23-11-12-24-22-10-9-20-17-21(28)13-15-26(20,4)25(22)14-16-27(23,24)5;7-4(5(11)12)2-1-3-10-6(8)9/h9,18-19,21-25,28H,6-8,10-17H2,1-5H3;4H,1-3,7H2,(H,11,12)(H4,8,9,10)/t19-,21+,22+,23-,24+,25+,26+,27-;4-/m10/s1. The monoisotopic (exact) mass is 560 g/mol. The van der Waals surface area contributed by atoms with Crippen molar-refractivity contribution >= 4 is 11.9 Å². The third-order valence-corrected chi connectivity index (χ3v) is 11.6. The Morgan fingerprint density at radius 3 is 2.40 bits per heavy atom. The van der Waals surface area contributed by atoms with Crippen LogP contribution in [0.25, 0.3) is 0 Å². The maximum absolute atomic E-state index is 10.2. The van der Waals surface area contributed by atoms with Gasteiger partial charge < -0.3 is 27.4 Å². The van der Waals surface area contributed by atoms with E-state index in [0.29, 0.717) is 30.2 Å². The second-order valence-electron chi connectivity index (χ2n) is 14.6. The van der Waals surface area contributed by atoms with Crippen LogP contribution in [0.3, 0.4) is 0 Å². The summed E-state index contributed by atoms with van der Waals surface area (Å²) >= 11 is 0. The maximum Gasteiger partial charge on any atom is 0.320 e. The quantitative estimate of drug-likeness (QED) is 0.0981. The van der Waals surface area contributed by atoms with Crippen molar-refractivity contribution in [3.63, 3.8) is 0 Å². The number of hydrogen-bond donors (Lipinski definition) is 5. The minimum absolute atomic E-state index is 0.0129. The van der Waals surface area contributed by atoms with E-state index in [0.717, 1.165) is 48.3 Å². The molecule has 3 fully saturated rings. The van der Waals surface area contributed by atoms with Gasteiger partial charge in [-0.2, -0.15) is 0 Å². The molecule has 7 nitrogen and oxygen atoms in total. The zero-order chi connectivity index (χ0) is 29.7. The fraction of sp³-hybridized carbons (Fsp3) is 0.879. The molecule has 0 amide bonds. The van der Waals surface area contributed by atoms with Crippen molar-refractivity contribution in [1.29, 1.82) is 0 Å². The van der Waals surface area contributed by atoms with Crippen molar-refractivity contribution in [1.82, 2.24) is 0 Å². The Morgan fingerprint density at radius 1 is 1.02 bits per heavy atom. The minimum Gasteiger partial charge on any atom is -0.480 e. The maximum atomic E-state index is 10.2. The van der Waals surface area contributed by atoms with Gasteiger partial charge in [-0.25, -0.2) is 0 Å². The largest absolute Gasteiger partial charge is 0.480 e. The van der Waals surface area contributed by atoms with Crippen molar-refractivity contribution in [3.05, 3.63) is 11.6 Å². The van der Waals surface area contributed by atoms with E-state index < -0.39 is 12.0 Å². The molecule has 0 aliphatic heterocycles. The second-order valence-corrected chi connectivity index (χ2v) is 14.6. The first-order valence-electron chi connectivity index (χ1n) is 16.2. The Morgan fingerprint density at radius 2 is 1.75 bits per heavy atom. The molecule has 0 radical (unpaired) electrons. The third kappa shape index (κ3) is 7.61. The van der Waals surface area contributed by atoms with Gasteiger partial charge in [0, 0.05) is 6.54 Å². The van der Waals surface area contributed by atoms with Gasteiger partial charge >= 0.3 is 5.97 Å². The van der Waals surface area contributed by atoms with E-state index in [1.165, 1.54) is 57.8 Å². The van der Waals surface area contributed by atoms with Crippen LogP contribution < -0.4 is 17.2 Å². The Hall–Kier alpha value is -1.60. The van der Waals surface area contributed by atoms with E-state index in [4.69, 9.17) is 22.3 Å². The van der Waals surface area contributed by atoms with Gasteiger partial charge in [0.05, 0.1) is 6.10 Å². The molecule has 0 unspecified atom stereocenters. The van der Waals surface area contributed by atoms with Crippen LogP contribution in [0.15, 0.2) is 16.6 Å². The average molecular weight is 561 g/mol. The number of aliphatic carboxylic acids is 1. The van der Waals surface area contributed by atoms with E-state index in [1.54, 1.807) is 5.57 Å². The molecule has 0 bridgehead atoms. The van der Waals surface area contributed by atoms with Crippen molar-refractivity contribution < 1.29 is 15.0 Å². The van der Waals surface area contributed by atoms with Crippen LogP contribution in [-0.2, 0) is 4.79 Å². The number of aliphatic hydroxyl groups is 1. The summed E-state index contributed by atoms with van der Waals surface area (Å²) in [6, 6.07) is -0.820. The Kier molecular flexibility index (Phi) is 11.6. The zero-order valence-electron chi connectivity index (χ0n) is 26.1. The fourth-order valence-corrected chi connectivity index (χ4v) is 9.31. The molecule has 4 aliphatic carbocycles. The van der Waals surface area contributed by atoms with Gasteiger partial charge in [-0.3, -0.25) is 9.79 Å². The van der Waals surface area contributed by atoms with E-state index in [-0.39, 0.29) is 12.1 Å². The highest BCUT2D eigenvalue weighted by Gasteiger charge is 2.59. The first-order chi connectivity index (χ1) is 18.8. The van der Waals surface area contributed by atoms with Crippen molar-refractivity contribution in [2.75, 3.05) is 6.54 Å². The van der Waals surface area contributed by atoms with Gasteiger partial charge in [-0.1, -0.05) is 65.5 Å². The van der Waals surface area contributed by atoms with Gasteiger partial charge in [0.25, 0.3) is 0 Å². The van der Waals surface area contributed by atoms with Gasteiger partial charge in [0.1, 0.15) is 6.04 Å². The molecule has 0 heterocycles. The molecule has 0 saturated heterocycles. The summed E-state index contributed by atoms with van der Waals surface area (Å²) in [6.07, 6.45) is 18.1. The Bertz CT molecular complexity index is 900. The lowest BCUT2D eigenvalue weighted by Crippen LogP contribution is -2.50. The van der Waals surface area contributed by atoms with Crippen molar-refractivity contribution in [2.24, 2.45) is 68.5 Å². The predicted octanol–water partition coefficient (Wildman–Crippen LogP) is 5.84. The zero-order valence-corrected chi connectivity index (χ0v) is 26.1. The SMILES string of the molecule is CC(C)CCC[C@@H](C)[C@H]1CC[C@H]2[C@@H]3CC=C4C[C@@H](O)CC[C@]4(C)[C@H]3CC[C@]12C.NC(N)=NCCC[C@H](N)C(=O)O. The van der Waals surface area contributed by atoms with E-state index in [2.05, 4.69) is 45.7 Å². The summed E-state index contributed by atoms with van der Waals surface area (Å²) in [7, 11) is 0. The number of carboxylic acids is 1. The average Bonchev–Trinajstić information content (AvgIpc) is 3.24. The molecule has 0 aromatic heterocycles. The molecule has 3 saturated carbocycles. The van der Waals surface area contributed by atoms with Gasteiger partial charge in [-0.15, -0.1) is 0 Å². The van der Waals surface area contributed by atoms with E-state index in [1.807, 2.05) is 0 Å². The molecule has 40 heavy (non-hydrogen) atoms. The molecular formula is C33H60N4O3. The van der Waals surface area contributed by atoms with E-state index in [9.17, 15) is 9.90 Å². The molecule has 4 aliphatic rings. The van der Waals surface area contributed by atoms with Gasteiger partial charge in [-0.05, 0) is 111 Å². The molecule has 8 N–H and O–H groups in total. The van der Waals surface area contributed by atoms with Crippen LogP contribution >= 0.6 is 0 Å². The smallest absolute Gasteiger partial charge is 0.320 e. The number of carbonyl (C=O) groups is 1. The number of allylic oxidation sites excluding steroid dienone is 1. The molecule has 4 rings (SSSR count). The molecule has 230 valence electrons. The molecule has 7 heteroatoms. The molecule has 0 aromatic carbocycles. The minimum atomic E-state index is -1.00. The Labute approximate surface area is 243 Å². The van der Waals surface area contributed by atoms with Gasteiger partial charge in [0.2, 0.25) is 0 Å². The lowest BCUT2D eigenvalue weighted by Gasteiger charge is -2.58. The van der Waals surface area contributed by atoms with Gasteiger partial charge in [0.15, 0.2) is 5.96 Å². The number of hydrogen-bond acceptors (Lipinski definition) is 4. The highest BCUT2D eigenvalue weighted by molar-refractivity contribution is 5.75. The Balaban J connectivity index is 0.000000312. The number of nitrogens with zero attached hydrogens (tertiary/aromatic N) is 1. The summed E-state index contributed by atoms with van der Waals surface area (Å²) < 4.78 is 0. The number of guanidine groups is 1. The van der Waals surface area contributed by atoms with E-state index >= 15 is 0 Å². The number of fused-ring (bicyclic) bond motifs is 5. The molecule has 0 aromatic rings. The lowest BCUT2D eigenvalue weighted by atomic mass is 9.47. The lowest BCUT2D eigenvalue weighted by molar-refractivity contribution is -0.138. The third-order valence-electron chi connectivity index (χ3n) is 11.6. The summed E-state index contributed by atoms with van der Waals surface area (Å²) in [5.74, 6) is 4.47. The topological polar surface area (TPSA) is 148 Å². The summed E-state index contributed by atoms with van der Waals surface area (Å²) in [4.78, 5) is 13.9. The highest BCUT2D eigenvalue weighted by atomic mass is 16.4. The highest BCUT2D eigenvalue weighted by Crippen LogP contribution is 2.67. The summed E-state index contributed by atoms with van der Waals surface area (Å²) in [5.41, 5.74) is 17.9.